The number of hydrogen-bond donors (Lipinski definition) is 1. The third-order valence-electron chi connectivity index (χ3n) is 3.62. The van der Waals surface area contributed by atoms with Crippen LogP contribution in [0.2, 0.25) is 0 Å². The second-order valence-electron chi connectivity index (χ2n) is 7.30. The monoisotopic (exact) mass is 389 g/mol. The van der Waals surface area contributed by atoms with Crippen LogP contribution in [0.5, 0.6) is 5.75 Å². The first-order valence-corrected chi connectivity index (χ1v) is 9.79. The molecule has 7 heteroatoms. The van der Waals surface area contributed by atoms with Crippen molar-refractivity contribution in [2.24, 2.45) is 0 Å². The van der Waals surface area contributed by atoms with Gasteiger partial charge in [0, 0.05) is 18.0 Å². The molecule has 0 spiro atoms. The molecule has 27 heavy (non-hydrogen) atoms. The summed E-state index contributed by atoms with van der Waals surface area (Å²) in [5.74, 6) is 0.458. The summed E-state index contributed by atoms with van der Waals surface area (Å²) in [6, 6.07) is 7.72. The van der Waals surface area contributed by atoms with E-state index in [1.54, 1.807) is 7.05 Å². The van der Waals surface area contributed by atoms with Crippen LogP contribution in [0.1, 0.15) is 33.4 Å². The molecule has 6 nitrogen and oxygen atoms in total. The Labute approximate surface area is 164 Å². The molecule has 1 heterocycles. The molecule has 0 aliphatic heterocycles. The van der Waals surface area contributed by atoms with E-state index in [1.165, 1.54) is 16.2 Å². The first-order valence-electron chi connectivity index (χ1n) is 8.91. The van der Waals surface area contributed by atoms with E-state index >= 15 is 0 Å². The van der Waals surface area contributed by atoms with Crippen molar-refractivity contribution < 1.29 is 14.3 Å². The first-order chi connectivity index (χ1) is 12.7. The molecular weight excluding hydrogens is 362 g/mol. The molecule has 2 amide bonds. The number of benzene rings is 1. The molecule has 0 saturated carbocycles. The van der Waals surface area contributed by atoms with Crippen LogP contribution in [0.3, 0.4) is 0 Å². The van der Waals surface area contributed by atoms with Gasteiger partial charge in [0.2, 0.25) is 11.8 Å². The van der Waals surface area contributed by atoms with Gasteiger partial charge in [0.15, 0.2) is 0 Å². The zero-order valence-electron chi connectivity index (χ0n) is 16.5. The molecule has 0 radical (unpaired) electrons. The minimum Gasteiger partial charge on any atom is -0.493 e. The molecule has 2 rings (SSSR count). The van der Waals surface area contributed by atoms with Crippen molar-refractivity contribution in [1.29, 1.82) is 0 Å². The Morgan fingerprint density at radius 1 is 1.26 bits per heavy atom. The van der Waals surface area contributed by atoms with Gasteiger partial charge in [-0.05, 0) is 39.8 Å². The van der Waals surface area contributed by atoms with Crippen molar-refractivity contribution in [3.8, 4) is 16.3 Å². The number of carbonyl (C=O) groups excluding carboxylic acids is 2. The van der Waals surface area contributed by atoms with E-state index in [9.17, 15) is 9.59 Å². The summed E-state index contributed by atoms with van der Waals surface area (Å²) >= 11 is 1.48. The van der Waals surface area contributed by atoms with Crippen molar-refractivity contribution in [1.82, 2.24) is 15.2 Å². The molecule has 2 aromatic rings. The normalized spacial score (nSPS) is 11.1. The zero-order chi connectivity index (χ0) is 20.0. The number of ether oxygens (including phenoxy) is 1. The summed E-state index contributed by atoms with van der Waals surface area (Å²) in [4.78, 5) is 30.4. The van der Waals surface area contributed by atoms with Gasteiger partial charge in [-0.3, -0.25) is 9.59 Å². The number of nitrogens with zero attached hydrogens (tertiary/aromatic N) is 2. The number of carbonyl (C=O) groups is 2. The van der Waals surface area contributed by atoms with Crippen LogP contribution < -0.4 is 10.1 Å². The van der Waals surface area contributed by atoms with Crippen molar-refractivity contribution in [2.45, 2.75) is 39.7 Å². The predicted molar refractivity (Wildman–Crippen MR) is 108 cm³/mol. The number of amides is 2. The van der Waals surface area contributed by atoms with Crippen molar-refractivity contribution in [2.75, 3.05) is 20.2 Å². The lowest BCUT2D eigenvalue weighted by Crippen LogP contribution is -2.46. The number of aromatic nitrogens is 1. The quantitative estimate of drug-likeness (QED) is 0.790. The molecule has 1 N–H and O–H groups in total. The van der Waals surface area contributed by atoms with E-state index in [0.717, 1.165) is 16.3 Å². The Hall–Kier alpha value is -2.41. The maximum atomic E-state index is 12.4. The first kappa shape index (κ1) is 20.9. The third kappa shape index (κ3) is 6.36. The highest BCUT2D eigenvalue weighted by molar-refractivity contribution is 7.13. The lowest BCUT2D eigenvalue weighted by Gasteiger charge is -2.23. The molecule has 0 unspecified atom stereocenters. The summed E-state index contributed by atoms with van der Waals surface area (Å²) in [6.45, 7) is 8.26. The highest BCUT2D eigenvalue weighted by atomic mass is 32.1. The van der Waals surface area contributed by atoms with Gasteiger partial charge in [-0.2, -0.15) is 0 Å². The minimum absolute atomic E-state index is 0.0280. The van der Waals surface area contributed by atoms with Crippen LogP contribution in [0.15, 0.2) is 29.6 Å². The summed E-state index contributed by atoms with van der Waals surface area (Å²) in [6.07, 6.45) is 0.159. The topological polar surface area (TPSA) is 71.5 Å². The maximum absolute atomic E-state index is 12.4. The molecule has 0 aliphatic carbocycles. The van der Waals surface area contributed by atoms with Crippen LogP contribution in [-0.2, 0) is 16.0 Å². The van der Waals surface area contributed by atoms with Crippen LogP contribution >= 0.6 is 11.3 Å². The smallest absolute Gasteiger partial charge is 0.240 e. The molecule has 1 aromatic carbocycles. The fourth-order valence-electron chi connectivity index (χ4n) is 2.49. The van der Waals surface area contributed by atoms with Crippen LogP contribution in [0, 0.1) is 0 Å². The summed E-state index contributed by atoms with van der Waals surface area (Å²) < 4.78 is 5.65. The van der Waals surface area contributed by atoms with E-state index in [1.807, 2.05) is 57.3 Å². The number of rotatable bonds is 7. The summed E-state index contributed by atoms with van der Waals surface area (Å²) in [5, 5.41) is 5.54. The average molecular weight is 390 g/mol. The van der Waals surface area contributed by atoms with Crippen LogP contribution in [0.25, 0.3) is 10.6 Å². The predicted octanol–water partition coefficient (Wildman–Crippen LogP) is 3.12. The lowest BCUT2D eigenvalue weighted by molar-refractivity contribution is -0.134. The van der Waals surface area contributed by atoms with Gasteiger partial charge >= 0.3 is 0 Å². The van der Waals surface area contributed by atoms with Crippen molar-refractivity contribution >= 4 is 23.2 Å². The van der Waals surface area contributed by atoms with Gasteiger partial charge in [0.1, 0.15) is 10.8 Å². The Balaban J connectivity index is 2.01. The van der Waals surface area contributed by atoms with E-state index in [-0.39, 0.29) is 30.3 Å². The number of nitrogens with one attached hydrogen (secondary N) is 1. The highest BCUT2D eigenvalue weighted by Crippen LogP contribution is 2.32. The molecule has 0 aliphatic rings. The lowest BCUT2D eigenvalue weighted by atomic mass is 10.1. The van der Waals surface area contributed by atoms with E-state index < -0.39 is 0 Å². The summed E-state index contributed by atoms with van der Waals surface area (Å²) in [7, 11) is 1.63. The van der Waals surface area contributed by atoms with Gasteiger partial charge in [-0.15, -0.1) is 11.3 Å². The van der Waals surface area contributed by atoms with Gasteiger partial charge in [0.25, 0.3) is 0 Å². The van der Waals surface area contributed by atoms with Gasteiger partial charge in [-0.1, -0.05) is 12.1 Å². The minimum atomic E-state index is -0.321. The molecule has 146 valence electrons. The average Bonchev–Trinajstić information content (AvgIpc) is 3.02. The van der Waals surface area contributed by atoms with Crippen molar-refractivity contribution in [3.05, 3.63) is 35.3 Å². The van der Waals surface area contributed by atoms with E-state index in [0.29, 0.717) is 12.3 Å². The third-order valence-corrected chi connectivity index (χ3v) is 4.55. The Bertz CT molecular complexity index is 796. The summed E-state index contributed by atoms with van der Waals surface area (Å²) in [5.41, 5.74) is 1.29. The van der Waals surface area contributed by atoms with Crippen molar-refractivity contribution in [3.63, 3.8) is 0 Å². The highest BCUT2D eigenvalue weighted by Gasteiger charge is 2.19. The molecule has 0 bridgehead atoms. The molecule has 0 fully saturated rings. The van der Waals surface area contributed by atoms with Gasteiger partial charge in [-0.25, -0.2) is 4.98 Å². The largest absolute Gasteiger partial charge is 0.493 e. The molecule has 0 atom stereocenters. The Kier molecular flexibility index (Phi) is 6.96. The van der Waals surface area contributed by atoms with Gasteiger partial charge in [0.05, 0.1) is 30.8 Å². The second kappa shape index (κ2) is 8.99. The van der Waals surface area contributed by atoms with E-state index in [2.05, 4.69) is 10.3 Å². The fraction of sp³-hybridized carbons (Fsp3) is 0.450. The number of thiazole rings is 1. The Morgan fingerprint density at radius 2 is 1.96 bits per heavy atom. The number of para-hydroxylation sites is 1. The van der Waals surface area contributed by atoms with E-state index in [4.69, 9.17) is 4.74 Å². The van der Waals surface area contributed by atoms with Crippen LogP contribution in [-0.4, -0.2) is 47.4 Å². The maximum Gasteiger partial charge on any atom is 0.240 e. The second-order valence-corrected chi connectivity index (χ2v) is 8.16. The standard InChI is InChI=1S/C20H27N3O3S/c1-6-26-16-10-8-7-9-15(16)19-21-14(13-27-19)11-18(25)23(5)12-17(24)22-20(2,3)4/h7-10,13H,6,11-12H2,1-5H3,(H,22,24). The molecule has 0 saturated heterocycles. The SMILES string of the molecule is CCOc1ccccc1-c1nc(CC(=O)N(C)CC(=O)NC(C)(C)C)cs1. The van der Waals surface area contributed by atoms with Gasteiger partial charge < -0.3 is 15.0 Å². The zero-order valence-corrected chi connectivity index (χ0v) is 17.4. The number of hydrogen-bond acceptors (Lipinski definition) is 5. The number of likely N-dealkylation sites (N-methyl/N-ethyl adjacent to an activating group) is 1. The molecular formula is C20H27N3O3S. The molecule has 1 aromatic heterocycles. The van der Waals surface area contributed by atoms with Crippen LogP contribution in [0.4, 0.5) is 0 Å². The fourth-order valence-corrected chi connectivity index (χ4v) is 3.34. The Morgan fingerprint density at radius 3 is 2.63 bits per heavy atom.